The Balaban J connectivity index is 1.62. The largest absolute Gasteiger partial charge is 0.322 e. The lowest BCUT2D eigenvalue weighted by molar-refractivity contribution is -0.124. The van der Waals surface area contributed by atoms with Crippen LogP contribution in [0.5, 0.6) is 0 Å². The highest BCUT2D eigenvalue weighted by Gasteiger charge is 2.36. The van der Waals surface area contributed by atoms with Gasteiger partial charge < -0.3 is 5.32 Å². The van der Waals surface area contributed by atoms with E-state index in [1.807, 2.05) is 19.1 Å². The van der Waals surface area contributed by atoms with Crippen LogP contribution in [0.25, 0.3) is 0 Å². The van der Waals surface area contributed by atoms with Gasteiger partial charge in [0.1, 0.15) is 0 Å². The summed E-state index contributed by atoms with van der Waals surface area (Å²) >= 11 is 0.823. The molecule has 2 saturated heterocycles. The second-order valence-corrected chi connectivity index (χ2v) is 7.28. The molecule has 1 N–H and O–H groups in total. The number of amides is 3. The number of rotatable bonds is 4. The molecule has 3 amide bonds. The van der Waals surface area contributed by atoms with Gasteiger partial charge in [-0.2, -0.15) is 0 Å². The molecule has 0 aliphatic carbocycles. The minimum atomic E-state index is -0.410. The maximum absolute atomic E-state index is 12.4. The summed E-state index contributed by atoms with van der Waals surface area (Å²) in [6.07, 6.45) is 4.58. The Kier molecular flexibility index (Phi) is 5.55. The molecule has 0 spiro atoms. The lowest BCUT2D eigenvalue weighted by atomic mass is 10.1. The minimum Gasteiger partial charge on any atom is -0.322 e. The normalized spacial score (nSPS) is 20.4. The van der Waals surface area contributed by atoms with Gasteiger partial charge in [-0.1, -0.05) is 24.1 Å². The van der Waals surface area contributed by atoms with E-state index < -0.39 is 5.91 Å². The summed E-state index contributed by atoms with van der Waals surface area (Å²) in [6.45, 7) is 4.06. The second-order valence-electron chi connectivity index (χ2n) is 6.29. The van der Waals surface area contributed by atoms with Gasteiger partial charge in [-0.05, 0) is 56.7 Å². The van der Waals surface area contributed by atoms with Crippen LogP contribution in [0.4, 0.5) is 10.5 Å². The van der Waals surface area contributed by atoms with Crippen LogP contribution < -0.4 is 5.32 Å². The third-order valence-corrected chi connectivity index (χ3v) is 5.15. The molecule has 132 valence electrons. The van der Waals surface area contributed by atoms with E-state index in [1.54, 1.807) is 12.1 Å². The number of carbonyl (C=O) groups excluding carboxylic acids is 3. The van der Waals surface area contributed by atoms with Crippen molar-refractivity contribution in [1.29, 1.82) is 0 Å². The summed E-state index contributed by atoms with van der Waals surface area (Å²) in [5.74, 6) is -0.799. The van der Waals surface area contributed by atoms with Gasteiger partial charge in [-0.3, -0.25) is 24.2 Å². The molecule has 2 heterocycles. The molecule has 0 aromatic heterocycles. The predicted molar refractivity (Wildman–Crippen MR) is 98.0 cm³/mol. The van der Waals surface area contributed by atoms with Gasteiger partial charge in [0.25, 0.3) is 11.1 Å². The number of nitrogens with one attached hydrogen (secondary N) is 1. The monoisotopic (exact) mass is 359 g/mol. The van der Waals surface area contributed by atoms with Crippen LogP contribution in [-0.4, -0.2) is 46.6 Å². The van der Waals surface area contributed by atoms with Crippen LogP contribution in [0.1, 0.15) is 24.8 Å². The highest BCUT2D eigenvalue weighted by molar-refractivity contribution is 8.18. The van der Waals surface area contributed by atoms with Gasteiger partial charge in [-0.25, -0.2) is 0 Å². The third kappa shape index (κ3) is 4.49. The predicted octanol–water partition coefficient (Wildman–Crippen LogP) is 2.96. The number of thioether (sulfide) groups is 1. The first kappa shape index (κ1) is 17.7. The van der Waals surface area contributed by atoms with E-state index in [9.17, 15) is 14.4 Å². The molecule has 0 saturated carbocycles. The fourth-order valence-corrected chi connectivity index (χ4v) is 3.66. The van der Waals surface area contributed by atoms with Gasteiger partial charge >= 0.3 is 0 Å². The van der Waals surface area contributed by atoms with E-state index in [0.29, 0.717) is 12.4 Å². The topological polar surface area (TPSA) is 69.7 Å². The number of anilines is 1. The Morgan fingerprint density at radius 2 is 1.84 bits per heavy atom. The average molecular weight is 359 g/mol. The Hall–Kier alpha value is -2.12. The number of aryl methyl sites for hydroxylation is 1. The molecule has 0 atom stereocenters. The summed E-state index contributed by atoms with van der Waals surface area (Å²) in [6, 6.07) is 7.37. The number of nitrogens with zero attached hydrogens (tertiary/aromatic N) is 2. The van der Waals surface area contributed by atoms with Crippen LogP contribution in [0.15, 0.2) is 35.2 Å². The Morgan fingerprint density at radius 3 is 2.52 bits per heavy atom. The highest BCUT2D eigenvalue weighted by Crippen LogP contribution is 2.31. The molecule has 0 unspecified atom stereocenters. The summed E-state index contributed by atoms with van der Waals surface area (Å²) in [7, 11) is 0. The first-order chi connectivity index (χ1) is 12.0. The van der Waals surface area contributed by atoms with Gasteiger partial charge in [0.2, 0.25) is 5.91 Å². The van der Waals surface area contributed by atoms with E-state index in [0.717, 1.165) is 43.3 Å². The standard InChI is InChI=1S/C18H21N3O3S/c1-13-5-7-14(8-6-13)19-16(22)11-15-17(23)21(18(24)25-15)12-20-9-3-2-4-10-20/h5-8,11H,2-4,9-10,12H2,1H3,(H,19,22). The Bertz CT molecular complexity index is 709. The van der Waals surface area contributed by atoms with E-state index in [-0.39, 0.29) is 16.1 Å². The maximum atomic E-state index is 12.4. The number of carbonyl (C=O) groups is 3. The second kappa shape index (κ2) is 7.84. The number of piperidine rings is 1. The fourth-order valence-electron chi connectivity index (χ4n) is 2.86. The molecule has 1 aromatic rings. The molecule has 0 radical (unpaired) electrons. The lowest BCUT2D eigenvalue weighted by Crippen LogP contribution is -2.42. The molecular weight excluding hydrogens is 338 g/mol. The maximum Gasteiger partial charge on any atom is 0.294 e. The van der Waals surface area contributed by atoms with Crippen molar-refractivity contribution >= 4 is 34.5 Å². The number of likely N-dealkylation sites (tertiary alicyclic amines) is 1. The summed E-state index contributed by atoms with van der Waals surface area (Å²) in [5, 5.41) is 2.39. The Morgan fingerprint density at radius 1 is 1.16 bits per heavy atom. The van der Waals surface area contributed by atoms with Crippen molar-refractivity contribution in [1.82, 2.24) is 9.80 Å². The van der Waals surface area contributed by atoms with E-state index in [2.05, 4.69) is 10.2 Å². The smallest absolute Gasteiger partial charge is 0.294 e. The van der Waals surface area contributed by atoms with Gasteiger partial charge in [0, 0.05) is 11.8 Å². The lowest BCUT2D eigenvalue weighted by Gasteiger charge is -2.29. The van der Waals surface area contributed by atoms with Gasteiger partial charge in [0.05, 0.1) is 11.6 Å². The average Bonchev–Trinajstić information content (AvgIpc) is 2.85. The molecule has 25 heavy (non-hydrogen) atoms. The SMILES string of the molecule is Cc1ccc(NC(=O)C=C2SC(=O)N(CN3CCCCC3)C2=O)cc1. The summed E-state index contributed by atoms with van der Waals surface area (Å²) in [4.78, 5) is 40.2. The summed E-state index contributed by atoms with van der Waals surface area (Å²) in [5.41, 5.74) is 1.75. The molecule has 7 heteroatoms. The molecule has 2 aliphatic heterocycles. The highest BCUT2D eigenvalue weighted by atomic mass is 32.2. The van der Waals surface area contributed by atoms with Crippen molar-refractivity contribution in [2.45, 2.75) is 26.2 Å². The molecule has 2 aliphatic rings. The van der Waals surface area contributed by atoms with E-state index >= 15 is 0 Å². The third-order valence-electron chi connectivity index (χ3n) is 4.24. The quantitative estimate of drug-likeness (QED) is 0.837. The summed E-state index contributed by atoms with van der Waals surface area (Å²) < 4.78 is 0. The van der Waals surface area contributed by atoms with Gasteiger partial charge in [0.15, 0.2) is 0 Å². The van der Waals surface area contributed by atoms with Crippen LogP contribution >= 0.6 is 11.8 Å². The van der Waals surface area contributed by atoms with Gasteiger partial charge in [-0.15, -0.1) is 0 Å². The van der Waals surface area contributed by atoms with Crippen molar-refractivity contribution in [3.05, 3.63) is 40.8 Å². The van der Waals surface area contributed by atoms with Crippen molar-refractivity contribution in [3.8, 4) is 0 Å². The zero-order chi connectivity index (χ0) is 17.8. The van der Waals surface area contributed by atoms with E-state index in [4.69, 9.17) is 0 Å². The molecule has 2 fully saturated rings. The molecular formula is C18H21N3O3S. The molecule has 3 rings (SSSR count). The van der Waals surface area contributed by atoms with Crippen LogP contribution in [0.2, 0.25) is 0 Å². The van der Waals surface area contributed by atoms with E-state index in [1.165, 1.54) is 17.4 Å². The fraction of sp³-hybridized carbons (Fsp3) is 0.389. The van der Waals surface area contributed by atoms with Crippen LogP contribution in [-0.2, 0) is 9.59 Å². The number of hydrogen-bond acceptors (Lipinski definition) is 5. The number of benzene rings is 1. The molecule has 1 aromatic carbocycles. The van der Waals surface area contributed by atoms with Crippen molar-refractivity contribution < 1.29 is 14.4 Å². The van der Waals surface area contributed by atoms with Crippen molar-refractivity contribution in [3.63, 3.8) is 0 Å². The number of imide groups is 1. The van der Waals surface area contributed by atoms with Crippen LogP contribution in [0, 0.1) is 6.92 Å². The zero-order valence-corrected chi connectivity index (χ0v) is 15.0. The Labute approximate surface area is 151 Å². The minimum absolute atomic E-state index is 0.173. The number of hydrogen-bond donors (Lipinski definition) is 1. The van der Waals surface area contributed by atoms with Crippen LogP contribution in [0.3, 0.4) is 0 Å². The van der Waals surface area contributed by atoms with Crippen molar-refractivity contribution in [2.24, 2.45) is 0 Å². The molecule has 0 bridgehead atoms. The zero-order valence-electron chi connectivity index (χ0n) is 14.2. The first-order valence-corrected chi connectivity index (χ1v) is 9.20. The van der Waals surface area contributed by atoms with Crippen molar-refractivity contribution in [2.75, 3.05) is 25.1 Å². The first-order valence-electron chi connectivity index (χ1n) is 8.38. The molecule has 6 nitrogen and oxygen atoms in total.